The third kappa shape index (κ3) is 4.24. The first-order valence-corrected chi connectivity index (χ1v) is 7.50. The topological polar surface area (TPSA) is 90.8 Å². The molecular formula is C12H12BrN3O3S. The van der Waals surface area contributed by atoms with Crippen molar-refractivity contribution in [2.75, 3.05) is 0 Å². The second kappa shape index (κ2) is 6.76. The summed E-state index contributed by atoms with van der Waals surface area (Å²) in [4.78, 5) is 22.1. The highest BCUT2D eigenvalue weighted by molar-refractivity contribution is 9.10. The van der Waals surface area contributed by atoms with Gasteiger partial charge in [-0.3, -0.25) is 15.0 Å². The van der Waals surface area contributed by atoms with Gasteiger partial charge in [0.25, 0.3) is 0 Å². The summed E-state index contributed by atoms with van der Waals surface area (Å²) in [7, 11) is 0. The highest BCUT2D eigenvalue weighted by atomic mass is 79.9. The molecule has 2 atom stereocenters. The zero-order valence-electron chi connectivity index (χ0n) is 10.2. The van der Waals surface area contributed by atoms with Crippen molar-refractivity contribution in [2.24, 2.45) is 5.10 Å². The summed E-state index contributed by atoms with van der Waals surface area (Å²) >= 11 is 4.55. The van der Waals surface area contributed by atoms with E-state index in [0.29, 0.717) is 0 Å². The van der Waals surface area contributed by atoms with E-state index < -0.39 is 16.7 Å². The molecule has 1 saturated heterocycles. The third-order valence-corrected chi connectivity index (χ3v) is 4.23. The summed E-state index contributed by atoms with van der Waals surface area (Å²) < 4.78 is 0.984. The van der Waals surface area contributed by atoms with E-state index in [2.05, 4.69) is 31.8 Å². The summed E-state index contributed by atoms with van der Waals surface area (Å²) in [6.07, 6.45) is 1.44. The number of rotatable bonds is 5. The maximum Gasteiger partial charge on any atom is 0.305 e. The van der Waals surface area contributed by atoms with Gasteiger partial charge in [0, 0.05) is 4.47 Å². The third-order valence-electron chi connectivity index (χ3n) is 2.50. The molecule has 0 aliphatic carbocycles. The molecule has 8 heteroatoms. The van der Waals surface area contributed by atoms with Crippen molar-refractivity contribution < 1.29 is 14.7 Å². The number of carboxylic acid groups (broad SMARTS) is 1. The average molecular weight is 358 g/mol. The number of aliphatic carboxylic acids is 1. The lowest BCUT2D eigenvalue weighted by molar-refractivity contribution is -0.138. The standard InChI is InChI=1S/C12H12BrN3O3S/c13-8-3-1-7(2-4-8)6-14-16-12-15-11(19)9(20-12)5-10(17)18/h1-4,6,9,12,16H,5H2,(H,15,19)(H,17,18)/b14-6-/t9-,12+/m1/s1. The molecule has 1 aromatic rings. The number of nitrogens with zero attached hydrogens (tertiary/aromatic N) is 1. The predicted molar refractivity (Wildman–Crippen MR) is 80.4 cm³/mol. The Morgan fingerprint density at radius 3 is 2.85 bits per heavy atom. The Bertz CT molecular complexity index is 535. The van der Waals surface area contributed by atoms with Gasteiger partial charge in [0.15, 0.2) is 5.50 Å². The summed E-state index contributed by atoms with van der Waals surface area (Å²) in [5, 5.41) is 14.8. The molecule has 0 unspecified atom stereocenters. The number of amides is 1. The maximum atomic E-state index is 11.5. The predicted octanol–water partition coefficient (Wildman–Crippen LogP) is 1.36. The molecule has 0 bridgehead atoms. The van der Waals surface area contributed by atoms with Crippen molar-refractivity contribution in [3.63, 3.8) is 0 Å². The highest BCUT2D eigenvalue weighted by Gasteiger charge is 2.33. The van der Waals surface area contributed by atoms with Gasteiger partial charge in [0.1, 0.15) is 0 Å². The fourth-order valence-electron chi connectivity index (χ4n) is 1.57. The highest BCUT2D eigenvalue weighted by Crippen LogP contribution is 2.24. The van der Waals surface area contributed by atoms with Gasteiger partial charge in [-0.1, -0.05) is 28.1 Å². The minimum Gasteiger partial charge on any atom is -0.481 e. The molecule has 1 fully saturated rings. The number of carboxylic acids is 1. The summed E-state index contributed by atoms with van der Waals surface area (Å²) in [6, 6.07) is 7.58. The molecule has 2 rings (SSSR count). The van der Waals surface area contributed by atoms with Gasteiger partial charge >= 0.3 is 5.97 Å². The van der Waals surface area contributed by atoms with Gasteiger partial charge in [0.05, 0.1) is 17.9 Å². The van der Waals surface area contributed by atoms with Gasteiger partial charge in [-0.25, -0.2) is 0 Å². The molecule has 1 aliphatic rings. The summed E-state index contributed by atoms with van der Waals surface area (Å²) in [6.45, 7) is 0. The number of thioether (sulfide) groups is 1. The van der Waals surface area contributed by atoms with Gasteiger partial charge in [-0.2, -0.15) is 5.10 Å². The molecule has 0 radical (unpaired) electrons. The van der Waals surface area contributed by atoms with Crippen molar-refractivity contribution in [1.82, 2.24) is 10.7 Å². The number of halogens is 1. The van der Waals surface area contributed by atoms with Crippen LogP contribution in [-0.4, -0.2) is 33.9 Å². The Kier molecular flexibility index (Phi) is 5.02. The van der Waals surface area contributed by atoms with E-state index in [1.807, 2.05) is 24.3 Å². The molecule has 1 aromatic carbocycles. The zero-order valence-corrected chi connectivity index (χ0v) is 12.6. The fraction of sp³-hybridized carbons (Fsp3) is 0.250. The number of hydrazone groups is 1. The molecule has 0 spiro atoms. The maximum absolute atomic E-state index is 11.5. The Morgan fingerprint density at radius 1 is 1.50 bits per heavy atom. The van der Waals surface area contributed by atoms with Crippen LogP contribution in [0.25, 0.3) is 0 Å². The molecule has 3 N–H and O–H groups in total. The normalized spacial score (nSPS) is 21.9. The molecule has 1 aliphatic heterocycles. The van der Waals surface area contributed by atoms with E-state index in [0.717, 1.165) is 10.0 Å². The van der Waals surface area contributed by atoms with Crippen LogP contribution in [-0.2, 0) is 9.59 Å². The molecule has 6 nitrogen and oxygen atoms in total. The molecular weight excluding hydrogens is 346 g/mol. The Hall–Kier alpha value is -1.54. The van der Waals surface area contributed by atoms with Crippen molar-refractivity contribution in [1.29, 1.82) is 0 Å². The smallest absolute Gasteiger partial charge is 0.305 e. The molecule has 1 heterocycles. The summed E-state index contributed by atoms with van der Waals surface area (Å²) in [5.41, 5.74) is 3.28. The van der Waals surface area contributed by atoms with Gasteiger partial charge in [0.2, 0.25) is 5.91 Å². The lowest BCUT2D eigenvalue weighted by atomic mass is 10.2. The minimum absolute atomic E-state index is 0.189. The Balaban J connectivity index is 1.84. The molecule has 1 amide bonds. The lowest BCUT2D eigenvalue weighted by Crippen LogP contribution is -2.35. The van der Waals surface area contributed by atoms with Crippen LogP contribution in [0.5, 0.6) is 0 Å². The largest absolute Gasteiger partial charge is 0.481 e. The number of hydrogen-bond acceptors (Lipinski definition) is 5. The number of carbonyl (C=O) groups is 2. The van der Waals surface area contributed by atoms with Crippen molar-refractivity contribution >= 4 is 45.8 Å². The molecule has 106 valence electrons. The fourth-order valence-corrected chi connectivity index (χ4v) is 2.90. The van der Waals surface area contributed by atoms with Crippen molar-refractivity contribution in [3.8, 4) is 0 Å². The van der Waals surface area contributed by atoms with E-state index in [9.17, 15) is 9.59 Å². The average Bonchev–Trinajstić information content (AvgIpc) is 2.72. The minimum atomic E-state index is -0.989. The Morgan fingerprint density at radius 2 is 2.20 bits per heavy atom. The summed E-state index contributed by atoms with van der Waals surface area (Å²) in [5.74, 6) is -1.27. The number of carbonyl (C=O) groups excluding carboxylic acids is 1. The lowest BCUT2D eigenvalue weighted by Gasteiger charge is -2.07. The van der Waals surface area contributed by atoms with E-state index in [4.69, 9.17) is 5.11 Å². The van der Waals surface area contributed by atoms with E-state index in [-0.39, 0.29) is 12.3 Å². The first-order valence-electron chi connectivity index (χ1n) is 5.76. The van der Waals surface area contributed by atoms with Crippen LogP contribution >= 0.6 is 27.7 Å². The van der Waals surface area contributed by atoms with E-state index in [1.165, 1.54) is 11.8 Å². The van der Waals surface area contributed by atoms with Gasteiger partial charge in [-0.15, -0.1) is 11.8 Å². The van der Waals surface area contributed by atoms with Crippen LogP contribution in [0.1, 0.15) is 12.0 Å². The van der Waals surface area contributed by atoms with Crippen LogP contribution in [0.2, 0.25) is 0 Å². The second-order valence-electron chi connectivity index (χ2n) is 4.05. The van der Waals surface area contributed by atoms with Crippen LogP contribution in [0, 0.1) is 0 Å². The Labute approximate surface area is 128 Å². The van der Waals surface area contributed by atoms with Crippen LogP contribution in [0.15, 0.2) is 33.8 Å². The number of hydrogen-bond donors (Lipinski definition) is 3. The van der Waals surface area contributed by atoms with E-state index in [1.54, 1.807) is 6.21 Å². The van der Waals surface area contributed by atoms with Crippen molar-refractivity contribution in [2.45, 2.75) is 17.2 Å². The van der Waals surface area contributed by atoms with Crippen molar-refractivity contribution in [3.05, 3.63) is 34.3 Å². The first kappa shape index (κ1) is 14.9. The second-order valence-corrected chi connectivity index (χ2v) is 6.28. The van der Waals surface area contributed by atoms with Gasteiger partial charge in [-0.05, 0) is 17.7 Å². The monoisotopic (exact) mass is 357 g/mol. The molecule has 0 saturated carbocycles. The van der Waals surface area contributed by atoms with Gasteiger partial charge < -0.3 is 10.4 Å². The quantitative estimate of drug-likeness (QED) is 0.546. The number of nitrogens with one attached hydrogen (secondary N) is 2. The SMILES string of the molecule is O=C(O)C[C@H]1S[C@H](N/N=C\c2ccc(Br)cc2)NC1=O. The van der Waals surface area contributed by atoms with Crippen LogP contribution in [0.3, 0.4) is 0 Å². The van der Waals surface area contributed by atoms with Crippen LogP contribution < -0.4 is 10.7 Å². The molecule has 20 heavy (non-hydrogen) atoms. The van der Waals surface area contributed by atoms with E-state index >= 15 is 0 Å². The van der Waals surface area contributed by atoms with Crippen LogP contribution in [0.4, 0.5) is 0 Å². The number of benzene rings is 1. The first-order chi connectivity index (χ1) is 9.54. The zero-order chi connectivity index (χ0) is 14.5. The molecule has 0 aromatic heterocycles.